The van der Waals surface area contributed by atoms with Crippen LogP contribution in [0.2, 0.25) is 0 Å². The molecule has 54 heavy (non-hydrogen) atoms. The van der Waals surface area contributed by atoms with Crippen molar-refractivity contribution in [3.8, 4) is 33.4 Å². The maximum Gasteiger partial charge on any atom is -0.00264 e. The molecule has 0 aliphatic rings. The number of hydrogen-bond donors (Lipinski definition) is 0. The highest BCUT2D eigenvalue weighted by molar-refractivity contribution is 6.26. The summed E-state index contributed by atoms with van der Waals surface area (Å²) in [5.41, 5.74) is 7.38. The summed E-state index contributed by atoms with van der Waals surface area (Å²) in [5.74, 6) is 0. The predicted molar refractivity (Wildman–Crippen MR) is 234 cm³/mol. The second-order valence-corrected chi connectivity index (χ2v) is 15.3. The van der Waals surface area contributed by atoms with Gasteiger partial charge >= 0.3 is 0 Å². The summed E-state index contributed by atoms with van der Waals surface area (Å²) in [4.78, 5) is 0. The molecular formula is C54H30. The first kappa shape index (κ1) is 28.6. The molecular weight excluding hydrogens is 649 g/mol. The van der Waals surface area contributed by atoms with E-state index in [0.717, 1.165) is 0 Å². The van der Waals surface area contributed by atoms with Crippen molar-refractivity contribution in [2.45, 2.75) is 0 Å². The van der Waals surface area contributed by atoms with Gasteiger partial charge in [0.1, 0.15) is 0 Å². The van der Waals surface area contributed by atoms with Gasteiger partial charge in [-0.3, -0.25) is 0 Å². The van der Waals surface area contributed by atoms with Crippen LogP contribution in [0, 0.1) is 0 Å². The zero-order chi connectivity index (χ0) is 35.1. The van der Waals surface area contributed by atoms with Crippen LogP contribution < -0.4 is 0 Å². The van der Waals surface area contributed by atoms with Crippen molar-refractivity contribution in [1.29, 1.82) is 0 Å². The predicted octanol–water partition coefficient (Wildman–Crippen LogP) is 15.4. The van der Waals surface area contributed by atoms with Gasteiger partial charge in [-0.2, -0.15) is 0 Å². The Morgan fingerprint density at radius 2 is 0.315 bits per heavy atom. The van der Waals surface area contributed by atoms with Gasteiger partial charge in [0.25, 0.3) is 0 Å². The van der Waals surface area contributed by atoms with Crippen LogP contribution in [0.15, 0.2) is 182 Å². The summed E-state index contributed by atoms with van der Waals surface area (Å²) in [6, 6.07) is 69.0. The summed E-state index contributed by atoms with van der Waals surface area (Å²) >= 11 is 0. The van der Waals surface area contributed by atoms with E-state index in [4.69, 9.17) is 0 Å². The SMILES string of the molecule is c1cc2ccc3cc(-c4cc(-c5cc6ccc7cccc8ccc(c5)c6c78)cc(-c5cc6ccc7cccc8ccc(c5)c6c78)c4)cc4ccc(c1)c2c34. The Labute approximate surface area is 311 Å². The second-order valence-electron chi connectivity index (χ2n) is 15.3. The molecule has 0 nitrogen and oxygen atoms in total. The van der Waals surface area contributed by atoms with E-state index >= 15 is 0 Å². The quantitative estimate of drug-likeness (QED) is 0.163. The second kappa shape index (κ2) is 10.3. The van der Waals surface area contributed by atoms with Crippen LogP contribution in [0.25, 0.3) is 130 Å². The van der Waals surface area contributed by atoms with Gasteiger partial charge in [-0.25, -0.2) is 0 Å². The molecule has 0 aliphatic heterocycles. The normalized spacial score (nSPS) is 12.4. The monoisotopic (exact) mass is 678 g/mol. The number of hydrogen-bond acceptors (Lipinski definition) is 0. The van der Waals surface area contributed by atoms with Crippen molar-refractivity contribution < 1.29 is 0 Å². The molecule has 0 aliphatic carbocycles. The minimum atomic E-state index is 1.23. The van der Waals surface area contributed by atoms with E-state index in [1.807, 2.05) is 0 Å². The van der Waals surface area contributed by atoms with Crippen molar-refractivity contribution in [2.75, 3.05) is 0 Å². The van der Waals surface area contributed by atoms with Gasteiger partial charge in [0.2, 0.25) is 0 Å². The maximum absolute atomic E-state index is 2.41. The molecule has 0 heteroatoms. The highest BCUT2D eigenvalue weighted by Gasteiger charge is 2.16. The summed E-state index contributed by atoms with van der Waals surface area (Å²) < 4.78 is 0. The van der Waals surface area contributed by atoms with Crippen molar-refractivity contribution in [3.63, 3.8) is 0 Å². The fraction of sp³-hybridized carbons (Fsp3) is 0. The van der Waals surface area contributed by atoms with E-state index in [1.165, 1.54) is 130 Å². The third-order valence-corrected chi connectivity index (χ3v) is 12.3. The molecule has 13 rings (SSSR count). The Hall–Kier alpha value is -7.02. The highest BCUT2D eigenvalue weighted by Crippen LogP contribution is 2.43. The van der Waals surface area contributed by atoms with Gasteiger partial charge in [0, 0.05) is 0 Å². The third kappa shape index (κ3) is 3.92. The first-order valence-electron chi connectivity index (χ1n) is 18.9. The van der Waals surface area contributed by atoms with Crippen molar-refractivity contribution >= 4 is 97.0 Å². The van der Waals surface area contributed by atoms with E-state index in [2.05, 4.69) is 182 Å². The van der Waals surface area contributed by atoms with Gasteiger partial charge in [0.15, 0.2) is 0 Å². The molecule has 0 N–H and O–H groups in total. The van der Waals surface area contributed by atoms with Crippen LogP contribution in [0.4, 0.5) is 0 Å². The molecule has 0 aromatic heterocycles. The zero-order valence-corrected chi connectivity index (χ0v) is 29.3. The largest absolute Gasteiger partial charge is 0.0610 e. The lowest BCUT2D eigenvalue weighted by atomic mass is 9.87. The Kier molecular flexibility index (Phi) is 5.45. The van der Waals surface area contributed by atoms with Crippen LogP contribution in [-0.4, -0.2) is 0 Å². The molecule has 0 heterocycles. The first-order chi connectivity index (χ1) is 26.7. The van der Waals surface area contributed by atoms with E-state index < -0.39 is 0 Å². The Balaban J connectivity index is 1.08. The van der Waals surface area contributed by atoms with E-state index in [9.17, 15) is 0 Å². The molecule has 0 fully saturated rings. The molecule has 0 saturated heterocycles. The third-order valence-electron chi connectivity index (χ3n) is 12.3. The van der Waals surface area contributed by atoms with E-state index in [-0.39, 0.29) is 0 Å². The van der Waals surface area contributed by atoms with Crippen LogP contribution in [0.3, 0.4) is 0 Å². The molecule has 0 radical (unpaired) electrons. The topological polar surface area (TPSA) is 0 Å². The van der Waals surface area contributed by atoms with Gasteiger partial charge in [-0.15, -0.1) is 0 Å². The Morgan fingerprint density at radius 1 is 0.148 bits per heavy atom. The molecule has 0 spiro atoms. The fourth-order valence-corrected chi connectivity index (χ4v) is 9.89. The average molecular weight is 679 g/mol. The van der Waals surface area contributed by atoms with E-state index in [0.29, 0.717) is 0 Å². The van der Waals surface area contributed by atoms with Crippen LogP contribution in [0.5, 0.6) is 0 Å². The Morgan fingerprint density at radius 3 is 0.537 bits per heavy atom. The van der Waals surface area contributed by atoms with Crippen LogP contribution in [0.1, 0.15) is 0 Å². The Bertz CT molecular complexity index is 3070. The molecule has 13 aromatic carbocycles. The smallest absolute Gasteiger partial charge is 0.00264 e. The highest BCUT2D eigenvalue weighted by atomic mass is 14.2. The van der Waals surface area contributed by atoms with Gasteiger partial charge in [-0.1, -0.05) is 127 Å². The minimum Gasteiger partial charge on any atom is -0.0610 e. The summed E-state index contributed by atoms with van der Waals surface area (Å²) in [7, 11) is 0. The lowest BCUT2D eigenvalue weighted by molar-refractivity contribution is 1.61. The summed E-state index contributed by atoms with van der Waals surface area (Å²) in [5, 5.41) is 23.6. The summed E-state index contributed by atoms with van der Waals surface area (Å²) in [6.07, 6.45) is 0. The van der Waals surface area contributed by atoms with Crippen molar-refractivity contribution in [2.24, 2.45) is 0 Å². The molecule has 0 atom stereocenters. The average Bonchev–Trinajstić information content (AvgIpc) is 3.23. The first-order valence-corrected chi connectivity index (χ1v) is 18.9. The zero-order valence-electron chi connectivity index (χ0n) is 29.3. The number of benzene rings is 13. The standard InChI is InChI=1S/C54H30/c1-4-31-10-16-37-22-43(23-38-17-11-32(5-1)49(31)52(37)38)46-28-47(44-24-39-18-12-33-6-2-7-34-13-19-40(25-44)53(39)50(33)34)30-48(29-46)45-26-41-20-14-35-8-3-9-36-15-21-42(27-45)54(41)51(35)36/h1-30H. The lowest BCUT2D eigenvalue weighted by Crippen LogP contribution is -1.90. The fourth-order valence-electron chi connectivity index (χ4n) is 9.89. The molecule has 0 bridgehead atoms. The minimum absolute atomic E-state index is 1.23. The van der Waals surface area contributed by atoms with Crippen LogP contribution in [-0.2, 0) is 0 Å². The van der Waals surface area contributed by atoms with Gasteiger partial charge < -0.3 is 0 Å². The molecule has 13 aromatic rings. The molecule has 246 valence electrons. The number of rotatable bonds is 3. The van der Waals surface area contributed by atoms with Gasteiger partial charge in [0.05, 0.1) is 0 Å². The molecule has 0 unspecified atom stereocenters. The summed E-state index contributed by atoms with van der Waals surface area (Å²) in [6.45, 7) is 0. The van der Waals surface area contributed by atoms with E-state index in [1.54, 1.807) is 0 Å². The van der Waals surface area contributed by atoms with Crippen molar-refractivity contribution in [1.82, 2.24) is 0 Å². The molecule has 0 amide bonds. The van der Waals surface area contributed by atoms with Gasteiger partial charge in [-0.05, 0) is 185 Å². The van der Waals surface area contributed by atoms with Crippen molar-refractivity contribution in [3.05, 3.63) is 182 Å². The lowest BCUT2D eigenvalue weighted by Gasteiger charge is -2.17. The van der Waals surface area contributed by atoms with Crippen LogP contribution >= 0.6 is 0 Å². The maximum atomic E-state index is 2.41. The molecule has 0 saturated carbocycles.